The summed E-state index contributed by atoms with van der Waals surface area (Å²) in [5.41, 5.74) is 0.559. The van der Waals surface area contributed by atoms with Crippen LogP contribution in [0.1, 0.15) is 13.3 Å². The molecule has 1 aromatic rings. The molecule has 2 heterocycles. The van der Waals surface area contributed by atoms with E-state index in [-0.39, 0.29) is 5.91 Å². The first-order valence-corrected chi connectivity index (χ1v) is 8.35. The molecule has 126 valence electrons. The number of piperazine rings is 1. The molecule has 1 saturated heterocycles. The number of amides is 1. The molecule has 0 unspecified atom stereocenters. The Morgan fingerprint density at radius 3 is 2.87 bits per heavy atom. The lowest BCUT2D eigenvalue weighted by atomic mass is 10.2. The molecule has 1 amide bonds. The van der Waals surface area contributed by atoms with Gasteiger partial charge in [-0.3, -0.25) is 9.69 Å². The van der Waals surface area contributed by atoms with E-state index >= 15 is 0 Å². The van der Waals surface area contributed by atoms with Crippen molar-refractivity contribution in [2.75, 3.05) is 44.7 Å². The maximum absolute atomic E-state index is 12.3. The minimum absolute atomic E-state index is 0.0739. The van der Waals surface area contributed by atoms with Crippen LogP contribution in [0.4, 0.5) is 5.69 Å². The monoisotopic (exact) mass is 339 g/mol. The van der Waals surface area contributed by atoms with E-state index in [0.29, 0.717) is 48.0 Å². The number of hydrogen-bond acceptors (Lipinski definition) is 5. The van der Waals surface area contributed by atoms with Gasteiger partial charge in [0.1, 0.15) is 0 Å². The summed E-state index contributed by atoms with van der Waals surface area (Å²) in [6.07, 6.45) is 0.828. The molecule has 1 fully saturated rings. The van der Waals surface area contributed by atoms with Crippen molar-refractivity contribution in [1.29, 1.82) is 0 Å². The third kappa shape index (κ3) is 4.07. The van der Waals surface area contributed by atoms with Crippen LogP contribution in [0.25, 0.3) is 0 Å². The minimum atomic E-state index is -0.0739. The number of nitrogens with zero attached hydrogens (tertiary/aromatic N) is 1. The van der Waals surface area contributed by atoms with Crippen molar-refractivity contribution in [3.8, 4) is 11.5 Å². The van der Waals surface area contributed by atoms with Gasteiger partial charge >= 0.3 is 0 Å². The summed E-state index contributed by atoms with van der Waals surface area (Å²) in [5.74, 6) is 1.18. The van der Waals surface area contributed by atoms with Crippen molar-refractivity contribution in [1.82, 2.24) is 10.2 Å². The molecule has 23 heavy (non-hydrogen) atoms. The maximum atomic E-state index is 12.3. The van der Waals surface area contributed by atoms with Crippen LogP contribution in [0.5, 0.6) is 11.5 Å². The first-order valence-electron chi connectivity index (χ1n) is 7.97. The van der Waals surface area contributed by atoms with E-state index in [4.69, 9.17) is 21.1 Å². The highest BCUT2D eigenvalue weighted by molar-refractivity contribution is 6.34. The number of nitrogens with one attached hydrogen (secondary N) is 2. The van der Waals surface area contributed by atoms with E-state index in [1.54, 1.807) is 12.1 Å². The zero-order chi connectivity index (χ0) is 16.2. The molecule has 1 aromatic carbocycles. The van der Waals surface area contributed by atoms with Crippen LogP contribution < -0.4 is 20.1 Å². The van der Waals surface area contributed by atoms with Gasteiger partial charge in [-0.2, -0.15) is 0 Å². The number of carbonyl (C=O) groups excluding carboxylic acids is 1. The quantitative estimate of drug-likeness (QED) is 0.878. The van der Waals surface area contributed by atoms with Crippen LogP contribution in [0.3, 0.4) is 0 Å². The van der Waals surface area contributed by atoms with E-state index in [0.717, 1.165) is 26.1 Å². The Hall–Kier alpha value is -1.50. The van der Waals surface area contributed by atoms with Gasteiger partial charge in [0, 0.05) is 44.2 Å². The molecule has 0 radical (unpaired) electrons. The third-order valence-electron chi connectivity index (χ3n) is 4.10. The van der Waals surface area contributed by atoms with Crippen molar-refractivity contribution < 1.29 is 14.3 Å². The molecule has 2 N–H and O–H groups in total. The highest BCUT2D eigenvalue weighted by atomic mass is 35.5. The molecule has 2 aliphatic rings. The standard InChI is InChI=1S/C16H22ClN3O3/c1-11-9-18-3-4-20(11)10-16(21)19-13-8-15-14(7-12(13)17)22-5-2-6-23-15/h7-8,11,18H,2-6,9-10H2,1H3,(H,19,21)/t11-/m0/s1. The second kappa shape index (κ2) is 7.38. The van der Waals surface area contributed by atoms with Gasteiger partial charge in [-0.25, -0.2) is 0 Å². The molecule has 2 aliphatic heterocycles. The van der Waals surface area contributed by atoms with E-state index in [1.807, 2.05) is 0 Å². The highest BCUT2D eigenvalue weighted by Gasteiger charge is 2.21. The third-order valence-corrected chi connectivity index (χ3v) is 4.41. The van der Waals surface area contributed by atoms with Crippen LogP contribution in [0, 0.1) is 0 Å². The van der Waals surface area contributed by atoms with Crippen LogP contribution in [-0.2, 0) is 4.79 Å². The summed E-state index contributed by atoms with van der Waals surface area (Å²) in [7, 11) is 0. The number of benzene rings is 1. The molecule has 7 heteroatoms. The number of anilines is 1. The minimum Gasteiger partial charge on any atom is -0.490 e. The fourth-order valence-electron chi connectivity index (χ4n) is 2.77. The average molecular weight is 340 g/mol. The number of carbonyl (C=O) groups is 1. The maximum Gasteiger partial charge on any atom is 0.238 e. The first-order chi connectivity index (χ1) is 11.1. The Bertz CT molecular complexity index is 582. The molecule has 0 spiro atoms. The average Bonchev–Trinajstić information content (AvgIpc) is 2.75. The Balaban J connectivity index is 1.67. The number of ether oxygens (including phenoxy) is 2. The number of fused-ring (bicyclic) bond motifs is 1. The predicted octanol–water partition coefficient (Wildman–Crippen LogP) is 1.73. The van der Waals surface area contributed by atoms with Gasteiger partial charge in [-0.15, -0.1) is 0 Å². The second-order valence-electron chi connectivity index (χ2n) is 5.90. The number of hydrogen-bond donors (Lipinski definition) is 2. The SMILES string of the molecule is C[C@H]1CNCCN1CC(=O)Nc1cc2c(cc1Cl)OCCCO2. The zero-order valence-corrected chi connectivity index (χ0v) is 14.0. The highest BCUT2D eigenvalue weighted by Crippen LogP contribution is 2.37. The first kappa shape index (κ1) is 16.4. The molecule has 0 bridgehead atoms. The zero-order valence-electron chi connectivity index (χ0n) is 13.2. The number of halogens is 1. The molecule has 0 aromatic heterocycles. The van der Waals surface area contributed by atoms with Gasteiger partial charge in [0.2, 0.25) is 5.91 Å². The summed E-state index contributed by atoms with van der Waals surface area (Å²) in [6.45, 7) is 6.34. The topological polar surface area (TPSA) is 62.8 Å². The van der Waals surface area contributed by atoms with Crippen molar-refractivity contribution in [3.63, 3.8) is 0 Å². The fourth-order valence-corrected chi connectivity index (χ4v) is 2.97. The summed E-state index contributed by atoms with van der Waals surface area (Å²) < 4.78 is 11.2. The normalized spacial score (nSPS) is 21.6. The second-order valence-corrected chi connectivity index (χ2v) is 6.31. The van der Waals surface area contributed by atoms with Crippen LogP contribution in [-0.4, -0.2) is 56.2 Å². The van der Waals surface area contributed by atoms with Crippen LogP contribution in [0.15, 0.2) is 12.1 Å². The van der Waals surface area contributed by atoms with Gasteiger partial charge in [-0.1, -0.05) is 11.6 Å². The van der Waals surface area contributed by atoms with E-state index in [2.05, 4.69) is 22.5 Å². The van der Waals surface area contributed by atoms with Crippen LogP contribution in [0.2, 0.25) is 5.02 Å². The molecule has 3 rings (SSSR count). The van der Waals surface area contributed by atoms with Gasteiger partial charge in [0.15, 0.2) is 11.5 Å². The van der Waals surface area contributed by atoms with E-state index < -0.39 is 0 Å². The Morgan fingerprint density at radius 1 is 1.39 bits per heavy atom. The molecular weight excluding hydrogens is 318 g/mol. The summed E-state index contributed by atoms with van der Waals surface area (Å²) in [4.78, 5) is 14.5. The van der Waals surface area contributed by atoms with Crippen molar-refractivity contribution >= 4 is 23.2 Å². The molecule has 0 saturated carbocycles. The Morgan fingerprint density at radius 2 is 2.13 bits per heavy atom. The number of rotatable bonds is 3. The van der Waals surface area contributed by atoms with E-state index in [1.165, 1.54) is 0 Å². The largest absolute Gasteiger partial charge is 0.490 e. The lowest BCUT2D eigenvalue weighted by Gasteiger charge is -2.33. The smallest absolute Gasteiger partial charge is 0.238 e. The Kier molecular flexibility index (Phi) is 5.25. The van der Waals surface area contributed by atoms with Gasteiger partial charge in [0.25, 0.3) is 0 Å². The van der Waals surface area contributed by atoms with E-state index in [9.17, 15) is 4.79 Å². The summed E-state index contributed by atoms with van der Waals surface area (Å²) in [5, 5.41) is 6.65. The van der Waals surface area contributed by atoms with Gasteiger partial charge in [-0.05, 0) is 6.92 Å². The lowest BCUT2D eigenvalue weighted by molar-refractivity contribution is -0.118. The molecule has 1 atom stereocenters. The lowest BCUT2D eigenvalue weighted by Crippen LogP contribution is -2.51. The molecular formula is C16H22ClN3O3. The van der Waals surface area contributed by atoms with Crippen LogP contribution >= 0.6 is 11.6 Å². The fraction of sp³-hybridized carbons (Fsp3) is 0.562. The van der Waals surface area contributed by atoms with Gasteiger partial charge < -0.3 is 20.1 Å². The predicted molar refractivity (Wildman–Crippen MR) is 89.6 cm³/mol. The Labute approximate surface area is 141 Å². The van der Waals surface area contributed by atoms with Crippen molar-refractivity contribution in [2.45, 2.75) is 19.4 Å². The van der Waals surface area contributed by atoms with Gasteiger partial charge in [0.05, 0.1) is 30.5 Å². The summed E-state index contributed by atoms with van der Waals surface area (Å²) in [6, 6.07) is 3.78. The summed E-state index contributed by atoms with van der Waals surface area (Å²) >= 11 is 6.26. The van der Waals surface area contributed by atoms with Crippen molar-refractivity contribution in [2.24, 2.45) is 0 Å². The molecule has 0 aliphatic carbocycles. The molecule has 6 nitrogen and oxygen atoms in total. The van der Waals surface area contributed by atoms with Crippen molar-refractivity contribution in [3.05, 3.63) is 17.2 Å².